The maximum Gasteiger partial charge on any atom is 0.348 e. The maximum absolute atomic E-state index is 11.2. The third-order valence-corrected chi connectivity index (χ3v) is 3.11. The molecule has 0 bridgehead atoms. The third-order valence-electron chi connectivity index (χ3n) is 2.19. The topological polar surface area (TPSA) is 101 Å². The van der Waals surface area contributed by atoms with Crippen molar-refractivity contribution in [2.45, 2.75) is 23.7 Å². The monoisotopic (exact) mass is 234 g/mol. The molecule has 15 heavy (non-hydrogen) atoms. The highest BCUT2D eigenvalue weighted by atomic mass is 32.2. The number of cyclic esters (lactones) is 1. The number of carboxylic acids is 2. The molecule has 0 radical (unpaired) electrons. The van der Waals surface area contributed by atoms with Crippen LogP contribution in [0.25, 0.3) is 0 Å². The van der Waals surface area contributed by atoms with E-state index in [-0.39, 0.29) is 6.42 Å². The van der Waals surface area contributed by atoms with E-state index in [4.69, 9.17) is 10.2 Å². The Morgan fingerprint density at radius 3 is 2.53 bits per heavy atom. The summed E-state index contributed by atoms with van der Waals surface area (Å²) >= 11 is 1.16. The number of ether oxygens (including phenoxy) is 1. The summed E-state index contributed by atoms with van der Waals surface area (Å²) < 4.78 is 4.68. The lowest BCUT2D eigenvalue weighted by atomic mass is 9.96. The average Bonchev–Trinajstić information content (AvgIpc) is 2.42. The van der Waals surface area contributed by atoms with E-state index in [1.165, 1.54) is 0 Å². The number of esters is 1. The average molecular weight is 234 g/mol. The number of rotatable bonds is 4. The highest BCUT2D eigenvalue weighted by Crippen LogP contribution is 2.35. The molecule has 0 aliphatic carbocycles. The highest BCUT2D eigenvalue weighted by Gasteiger charge is 2.53. The van der Waals surface area contributed by atoms with Gasteiger partial charge in [0.25, 0.3) is 0 Å². The third kappa shape index (κ3) is 2.23. The van der Waals surface area contributed by atoms with Gasteiger partial charge in [0.15, 0.2) is 0 Å². The minimum atomic E-state index is -1.89. The summed E-state index contributed by atoms with van der Waals surface area (Å²) in [5, 5.41) is 16.9. The Bertz CT molecular complexity index is 314. The van der Waals surface area contributed by atoms with Crippen LogP contribution in [0.5, 0.6) is 0 Å². The summed E-state index contributed by atoms with van der Waals surface area (Å²) in [7, 11) is 0. The molecule has 1 aliphatic rings. The Kier molecular flexibility index (Phi) is 3.23. The van der Waals surface area contributed by atoms with Gasteiger partial charge in [-0.25, -0.2) is 4.79 Å². The summed E-state index contributed by atoms with van der Waals surface area (Å²) in [6, 6.07) is 0. The molecular formula is C8H10O6S. The Balaban J connectivity index is 2.91. The van der Waals surface area contributed by atoms with Crippen LogP contribution in [0.2, 0.25) is 0 Å². The summed E-state index contributed by atoms with van der Waals surface area (Å²) in [6.07, 6.45) is 0.838. The standard InChI is InChI=1S/C8H10O6S/c1-15-4-2-8(7(12)13,3-5(9)10)14-6(4)11/h4H,2-3H2,1H3,(H,9,10)(H,12,13)/t4-,8-/m0/s1. The fourth-order valence-electron chi connectivity index (χ4n) is 1.42. The molecule has 0 amide bonds. The molecule has 1 fully saturated rings. The first kappa shape index (κ1) is 11.8. The summed E-state index contributed by atoms with van der Waals surface area (Å²) in [6.45, 7) is 0. The minimum Gasteiger partial charge on any atom is -0.481 e. The van der Waals surface area contributed by atoms with Crippen molar-refractivity contribution in [1.82, 2.24) is 0 Å². The lowest BCUT2D eigenvalue weighted by Crippen LogP contribution is -2.40. The molecule has 1 aliphatic heterocycles. The molecule has 0 aromatic rings. The normalized spacial score (nSPS) is 29.9. The summed E-state index contributed by atoms with van der Waals surface area (Å²) in [5.74, 6) is -3.37. The van der Waals surface area contributed by atoms with Crippen LogP contribution < -0.4 is 0 Å². The summed E-state index contributed by atoms with van der Waals surface area (Å²) in [5.41, 5.74) is -1.89. The molecule has 0 aromatic heterocycles. The van der Waals surface area contributed by atoms with E-state index < -0.39 is 35.2 Å². The van der Waals surface area contributed by atoms with Crippen molar-refractivity contribution in [2.24, 2.45) is 0 Å². The van der Waals surface area contributed by atoms with E-state index >= 15 is 0 Å². The van der Waals surface area contributed by atoms with Gasteiger partial charge >= 0.3 is 17.9 Å². The van der Waals surface area contributed by atoms with Gasteiger partial charge in [0.2, 0.25) is 5.60 Å². The molecule has 7 heteroatoms. The smallest absolute Gasteiger partial charge is 0.348 e. The van der Waals surface area contributed by atoms with Crippen molar-refractivity contribution in [2.75, 3.05) is 6.26 Å². The molecule has 84 valence electrons. The molecule has 2 N–H and O–H groups in total. The Morgan fingerprint density at radius 2 is 2.20 bits per heavy atom. The number of hydrogen-bond donors (Lipinski definition) is 2. The van der Waals surface area contributed by atoms with Crippen LogP contribution in [-0.4, -0.2) is 45.2 Å². The number of carboxylic acid groups (broad SMARTS) is 2. The lowest BCUT2D eigenvalue weighted by molar-refractivity contribution is -0.173. The predicted molar refractivity (Wildman–Crippen MR) is 50.6 cm³/mol. The Hall–Kier alpha value is -1.24. The molecule has 2 atom stereocenters. The number of hydrogen-bond acceptors (Lipinski definition) is 5. The van der Waals surface area contributed by atoms with Gasteiger partial charge in [-0.3, -0.25) is 9.59 Å². The zero-order valence-electron chi connectivity index (χ0n) is 7.93. The van der Waals surface area contributed by atoms with Crippen LogP contribution >= 0.6 is 11.8 Å². The van der Waals surface area contributed by atoms with Gasteiger partial charge in [0.1, 0.15) is 5.25 Å². The van der Waals surface area contributed by atoms with Gasteiger partial charge < -0.3 is 14.9 Å². The highest BCUT2D eigenvalue weighted by molar-refractivity contribution is 7.99. The molecule has 6 nitrogen and oxygen atoms in total. The van der Waals surface area contributed by atoms with Gasteiger partial charge in [-0.05, 0) is 6.26 Å². The minimum absolute atomic E-state index is 0.103. The molecule has 0 spiro atoms. The second kappa shape index (κ2) is 4.09. The first-order valence-corrected chi connectivity index (χ1v) is 5.41. The largest absolute Gasteiger partial charge is 0.481 e. The van der Waals surface area contributed by atoms with E-state index in [9.17, 15) is 14.4 Å². The van der Waals surface area contributed by atoms with Crippen molar-refractivity contribution < 1.29 is 29.3 Å². The zero-order chi connectivity index (χ0) is 11.6. The fraction of sp³-hybridized carbons (Fsp3) is 0.625. The van der Waals surface area contributed by atoms with Gasteiger partial charge in [0, 0.05) is 6.42 Å². The van der Waals surface area contributed by atoms with E-state index in [1.807, 2.05) is 0 Å². The van der Waals surface area contributed by atoms with E-state index in [0.717, 1.165) is 11.8 Å². The van der Waals surface area contributed by atoms with Gasteiger partial charge in [-0.2, -0.15) is 11.8 Å². The molecule has 1 heterocycles. The Labute approximate surface area is 89.6 Å². The first-order valence-electron chi connectivity index (χ1n) is 4.12. The van der Waals surface area contributed by atoms with Crippen molar-refractivity contribution in [3.05, 3.63) is 0 Å². The number of thioether (sulfide) groups is 1. The number of carbonyl (C=O) groups excluding carboxylic acids is 1. The lowest BCUT2D eigenvalue weighted by Gasteiger charge is -2.19. The SMILES string of the molecule is CS[C@H]1C[C@](CC(=O)O)(C(=O)O)OC1=O. The van der Waals surface area contributed by atoms with Crippen LogP contribution in [0.4, 0.5) is 0 Å². The van der Waals surface area contributed by atoms with Crippen molar-refractivity contribution in [3.63, 3.8) is 0 Å². The van der Waals surface area contributed by atoms with Crippen molar-refractivity contribution in [1.29, 1.82) is 0 Å². The molecule has 0 saturated carbocycles. The number of carbonyl (C=O) groups is 3. The molecule has 1 rings (SSSR count). The van der Waals surface area contributed by atoms with Crippen molar-refractivity contribution in [3.8, 4) is 0 Å². The van der Waals surface area contributed by atoms with Crippen LogP contribution in [0, 0.1) is 0 Å². The molecular weight excluding hydrogens is 224 g/mol. The molecule has 0 aromatic carbocycles. The second-order valence-corrected chi connectivity index (χ2v) is 4.26. The maximum atomic E-state index is 11.2. The van der Waals surface area contributed by atoms with Crippen LogP contribution in [0.1, 0.15) is 12.8 Å². The van der Waals surface area contributed by atoms with E-state index in [0.29, 0.717) is 0 Å². The zero-order valence-corrected chi connectivity index (χ0v) is 8.74. The van der Waals surface area contributed by atoms with E-state index in [2.05, 4.69) is 4.74 Å². The Morgan fingerprint density at radius 1 is 1.60 bits per heavy atom. The van der Waals surface area contributed by atoms with Gasteiger partial charge in [-0.1, -0.05) is 0 Å². The molecule has 0 unspecified atom stereocenters. The quantitative estimate of drug-likeness (QED) is 0.658. The summed E-state index contributed by atoms with van der Waals surface area (Å²) in [4.78, 5) is 32.6. The second-order valence-electron chi connectivity index (χ2n) is 3.22. The van der Waals surface area contributed by atoms with Crippen LogP contribution in [-0.2, 0) is 19.1 Å². The van der Waals surface area contributed by atoms with Crippen LogP contribution in [0.3, 0.4) is 0 Å². The number of aliphatic carboxylic acids is 2. The predicted octanol–water partition coefficient (Wildman–Crippen LogP) is -0.0370. The molecule has 1 saturated heterocycles. The fourth-order valence-corrected chi connectivity index (χ4v) is 2.10. The van der Waals surface area contributed by atoms with Gasteiger partial charge in [0.05, 0.1) is 6.42 Å². The van der Waals surface area contributed by atoms with Crippen LogP contribution in [0.15, 0.2) is 0 Å². The first-order chi connectivity index (χ1) is 6.91. The van der Waals surface area contributed by atoms with Gasteiger partial charge in [-0.15, -0.1) is 0 Å². The van der Waals surface area contributed by atoms with Crippen molar-refractivity contribution >= 4 is 29.7 Å². The van der Waals surface area contributed by atoms with E-state index in [1.54, 1.807) is 6.26 Å².